The van der Waals surface area contributed by atoms with E-state index in [2.05, 4.69) is 4.98 Å². The number of nitrogens with zero attached hydrogens (tertiary/aromatic N) is 3. The van der Waals surface area contributed by atoms with Crippen LogP contribution in [0.3, 0.4) is 0 Å². The summed E-state index contributed by atoms with van der Waals surface area (Å²) in [7, 11) is 1.84. The molecule has 7 heteroatoms. The molecule has 2 atom stereocenters. The standard InChI is InChI=1S/C17H17N3O3.ClH/c1-19-14(7-18-15(19)11-5-3-2-4-6-11)16(21)20-8-12-10-23-17(22)13(12)9-20;/h2-7,12-13H,8-10H2,1H3;1H/t12-,13-;/m1./s1. The van der Waals surface area contributed by atoms with E-state index in [4.69, 9.17) is 4.74 Å². The van der Waals surface area contributed by atoms with Gasteiger partial charge in [0.1, 0.15) is 11.5 Å². The summed E-state index contributed by atoms with van der Waals surface area (Å²) < 4.78 is 6.85. The first-order chi connectivity index (χ1) is 11.1. The van der Waals surface area contributed by atoms with Gasteiger partial charge in [-0.05, 0) is 0 Å². The Labute approximate surface area is 145 Å². The van der Waals surface area contributed by atoms with Crippen molar-refractivity contribution in [1.29, 1.82) is 0 Å². The number of imidazole rings is 1. The lowest BCUT2D eigenvalue weighted by atomic mass is 10.0. The van der Waals surface area contributed by atoms with Gasteiger partial charge in [-0.3, -0.25) is 9.59 Å². The lowest BCUT2D eigenvalue weighted by Gasteiger charge is -2.17. The molecule has 0 unspecified atom stereocenters. The van der Waals surface area contributed by atoms with Crippen LogP contribution in [0, 0.1) is 11.8 Å². The van der Waals surface area contributed by atoms with Crippen molar-refractivity contribution in [2.45, 2.75) is 0 Å². The molecule has 0 bridgehead atoms. The third kappa shape index (κ3) is 2.57. The number of hydrogen-bond donors (Lipinski definition) is 0. The Balaban J connectivity index is 0.00000169. The van der Waals surface area contributed by atoms with Crippen LogP contribution in [-0.4, -0.2) is 46.0 Å². The number of aromatic nitrogens is 2. The van der Waals surface area contributed by atoms with Crippen molar-refractivity contribution in [2.75, 3.05) is 19.7 Å². The van der Waals surface area contributed by atoms with E-state index in [0.29, 0.717) is 25.4 Å². The van der Waals surface area contributed by atoms with Crippen LogP contribution >= 0.6 is 12.4 Å². The Hall–Kier alpha value is -2.34. The number of benzene rings is 1. The number of rotatable bonds is 2. The third-order valence-electron chi connectivity index (χ3n) is 4.71. The monoisotopic (exact) mass is 347 g/mol. The summed E-state index contributed by atoms with van der Waals surface area (Å²) in [6, 6.07) is 9.76. The largest absolute Gasteiger partial charge is 0.465 e. The first-order valence-corrected chi connectivity index (χ1v) is 7.68. The summed E-state index contributed by atoms with van der Waals surface area (Å²) in [5, 5.41) is 0. The smallest absolute Gasteiger partial charge is 0.311 e. The number of amides is 1. The number of carbonyl (C=O) groups is 2. The number of carbonyl (C=O) groups excluding carboxylic acids is 2. The predicted octanol–water partition coefficient (Wildman–Crippen LogP) is 1.75. The number of hydrogen-bond acceptors (Lipinski definition) is 4. The first-order valence-electron chi connectivity index (χ1n) is 7.68. The highest BCUT2D eigenvalue weighted by molar-refractivity contribution is 5.94. The van der Waals surface area contributed by atoms with Gasteiger partial charge in [0, 0.05) is 31.6 Å². The summed E-state index contributed by atoms with van der Waals surface area (Å²) in [4.78, 5) is 30.5. The van der Waals surface area contributed by atoms with Crippen LogP contribution in [0.1, 0.15) is 10.5 Å². The molecule has 24 heavy (non-hydrogen) atoms. The van der Waals surface area contributed by atoms with E-state index in [0.717, 1.165) is 11.4 Å². The maximum atomic E-state index is 12.8. The van der Waals surface area contributed by atoms with Gasteiger partial charge in [0.25, 0.3) is 5.91 Å². The maximum absolute atomic E-state index is 12.8. The molecule has 2 aliphatic rings. The second kappa shape index (κ2) is 6.28. The molecule has 0 N–H and O–H groups in total. The van der Waals surface area contributed by atoms with Gasteiger partial charge in [-0.2, -0.15) is 0 Å². The van der Waals surface area contributed by atoms with Gasteiger partial charge >= 0.3 is 5.97 Å². The number of fused-ring (bicyclic) bond motifs is 1. The average Bonchev–Trinajstić information content (AvgIpc) is 3.24. The van der Waals surface area contributed by atoms with Gasteiger partial charge in [0.15, 0.2) is 0 Å². The second-order valence-corrected chi connectivity index (χ2v) is 6.10. The van der Waals surface area contributed by atoms with Gasteiger partial charge < -0.3 is 14.2 Å². The molecule has 2 aliphatic heterocycles. The normalized spacial score (nSPS) is 22.0. The van der Waals surface area contributed by atoms with E-state index >= 15 is 0 Å². The van der Waals surface area contributed by atoms with Crippen LogP contribution in [0.2, 0.25) is 0 Å². The van der Waals surface area contributed by atoms with Crippen molar-refractivity contribution in [3.8, 4) is 11.4 Å². The highest BCUT2D eigenvalue weighted by atomic mass is 35.5. The molecule has 2 fully saturated rings. The summed E-state index contributed by atoms with van der Waals surface area (Å²) in [6.07, 6.45) is 1.61. The lowest BCUT2D eigenvalue weighted by molar-refractivity contribution is -0.141. The van der Waals surface area contributed by atoms with Gasteiger partial charge in [0.2, 0.25) is 0 Å². The Kier molecular flexibility index (Phi) is 4.32. The van der Waals surface area contributed by atoms with Crippen molar-refractivity contribution < 1.29 is 14.3 Å². The number of likely N-dealkylation sites (tertiary alicyclic amines) is 1. The molecule has 0 saturated carbocycles. The van der Waals surface area contributed by atoms with Crippen molar-refractivity contribution in [3.05, 3.63) is 42.2 Å². The van der Waals surface area contributed by atoms with Crippen LogP contribution in [-0.2, 0) is 16.6 Å². The zero-order valence-electron chi connectivity index (χ0n) is 13.2. The molecule has 126 valence electrons. The zero-order valence-corrected chi connectivity index (χ0v) is 14.0. The number of halogens is 1. The first kappa shape index (κ1) is 16.5. The van der Waals surface area contributed by atoms with Crippen molar-refractivity contribution in [1.82, 2.24) is 14.5 Å². The maximum Gasteiger partial charge on any atom is 0.311 e. The molecule has 4 rings (SSSR count). The Morgan fingerprint density at radius 2 is 2.00 bits per heavy atom. The Morgan fingerprint density at radius 3 is 2.71 bits per heavy atom. The molecule has 2 saturated heterocycles. The molecular formula is C17H18ClN3O3. The van der Waals surface area contributed by atoms with E-state index in [-0.39, 0.29) is 36.1 Å². The molecule has 3 heterocycles. The zero-order chi connectivity index (χ0) is 16.0. The van der Waals surface area contributed by atoms with E-state index in [9.17, 15) is 9.59 Å². The molecule has 1 amide bonds. The highest BCUT2D eigenvalue weighted by Crippen LogP contribution is 2.31. The van der Waals surface area contributed by atoms with Gasteiger partial charge in [-0.25, -0.2) is 4.98 Å². The quantitative estimate of drug-likeness (QED) is 0.776. The average molecular weight is 348 g/mol. The molecule has 0 spiro atoms. The lowest BCUT2D eigenvalue weighted by Crippen LogP contribution is -2.32. The number of cyclic esters (lactones) is 1. The molecule has 2 aromatic rings. The molecule has 6 nitrogen and oxygen atoms in total. The highest BCUT2D eigenvalue weighted by Gasteiger charge is 2.45. The molecule has 0 radical (unpaired) electrons. The number of ether oxygens (including phenoxy) is 1. The molecule has 0 aliphatic carbocycles. The SMILES string of the molecule is Cl.Cn1c(C(=O)N2C[C@@H]3COC(=O)[C@@H]3C2)cnc1-c1ccccc1. The fourth-order valence-electron chi connectivity index (χ4n) is 3.39. The minimum atomic E-state index is -0.180. The fraction of sp³-hybridized carbons (Fsp3) is 0.353. The van der Waals surface area contributed by atoms with E-state index in [1.807, 2.05) is 41.9 Å². The third-order valence-corrected chi connectivity index (χ3v) is 4.71. The van der Waals surface area contributed by atoms with Crippen LogP contribution in [0.25, 0.3) is 11.4 Å². The fourth-order valence-corrected chi connectivity index (χ4v) is 3.39. The van der Waals surface area contributed by atoms with Gasteiger partial charge in [-0.1, -0.05) is 30.3 Å². The van der Waals surface area contributed by atoms with E-state index < -0.39 is 0 Å². The summed E-state index contributed by atoms with van der Waals surface area (Å²) in [5.74, 6) is 0.464. The molecule has 1 aromatic heterocycles. The molecular weight excluding hydrogens is 330 g/mol. The van der Waals surface area contributed by atoms with Crippen molar-refractivity contribution in [3.63, 3.8) is 0 Å². The minimum absolute atomic E-state index is 0. The van der Waals surface area contributed by atoms with Crippen LogP contribution < -0.4 is 0 Å². The van der Waals surface area contributed by atoms with Crippen molar-refractivity contribution in [2.24, 2.45) is 18.9 Å². The van der Waals surface area contributed by atoms with Crippen LogP contribution in [0.4, 0.5) is 0 Å². The second-order valence-electron chi connectivity index (χ2n) is 6.10. The van der Waals surface area contributed by atoms with E-state index in [1.165, 1.54) is 0 Å². The number of esters is 1. The Bertz CT molecular complexity index is 775. The van der Waals surface area contributed by atoms with Gasteiger partial charge in [-0.15, -0.1) is 12.4 Å². The Morgan fingerprint density at radius 1 is 1.25 bits per heavy atom. The predicted molar refractivity (Wildman–Crippen MR) is 89.7 cm³/mol. The van der Waals surface area contributed by atoms with Crippen LogP contribution in [0.15, 0.2) is 36.5 Å². The molecule has 1 aromatic carbocycles. The topological polar surface area (TPSA) is 64.4 Å². The van der Waals surface area contributed by atoms with Crippen LogP contribution in [0.5, 0.6) is 0 Å². The van der Waals surface area contributed by atoms with Crippen molar-refractivity contribution >= 4 is 24.3 Å². The van der Waals surface area contributed by atoms with E-state index in [1.54, 1.807) is 11.1 Å². The minimum Gasteiger partial charge on any atom is -0.465 e. The summed E-state index contributed by atoms with van der Waals surface area (Å²) >= 11 is 0. The summed E-state index contributed by atoms with van der Waals surface area (Å²) in [6.45, 7) is 1.43. The summed E-state index contributed by atoms with van der Waals surface area (Å²) in [5.41, 5.74) is 1.51. The van der Waals surface area contributed by atoms with Gasteiger partial charge in [0.05, 0.1) is 18.7 Å².